The summed E-state index contributed by atoms with van der Waals surface area (Å²) in [5.41, 5.74) is 3.03. The number of hydrogen-bond donors (Lipinski definition) is 2. The molecule has 2 aromatic carbocycles. The lowest BCUT2D eigenvalue weighted by Gasteiger charge is -2.17. The third-order valence-corrected chi connectivity index (χ3v) is 5.66. The molecule has 1 aliphatic rings. The number of nitrogens with one attached hydrogen (secondary N) is 1. The Morgan fingerprint density at radius 3 is 2.59 bits per heavy atom. The second-order valence-corrected chi connectivity index (χ2v) is 7.41. The number of thiazole rings is 1. The van der Waals surface area contributed by atoms with Crippen LogP contribution in [-0.4, -0.2) is 16.2 Å². The number of nitrogens with zero attached hydrogens (tertiary/aromatic N) is 1. The lowest BCUT2D eigenvalue weighted by Crippen LogP contribution is -2.28. The van der Waals surface area contributed by atoms with Gasteiger partial charge in [0.15, 0.2) is 0 Å². The predicted molar refractivity (Wildman–Crippen MR) is 98.3 cm³/mol. The quantitative estimate of drug-likeness (QED) is 0.686. The van der Waals surface area contributed by atoms with Gasteiger partial charge in [0.1, 0.15) is 5.01 Å². The largest absolute Gasteiger partial charge is 0.416 e. The molecule has 140 valence electrons. The molecule has 0 spiro atoms. The number of alkyl halides is 3. The third kappa shape index (κ3) is 3.76. The van der Waals surface area contributed by atoms with Crippen LogP contribution in [0.4, 0.5) is 13.2 Å². The average molecular weight is 390 g/mol. The van der Waals surface area contributed by atoms with E-state index in [0.717, 1.165) is 29.0 Å². The molecule has 0 saturated carbocycles. The van der Waals surface area contributed by atoms with Crippen LogP contribution in [-0.2, 0) is 19.1 Å². The first-order valence-electron chi connectivity index (χ1n) is 8.53. The van der Waals surface area contributed by atoms with Gasteiger partial charge in [-0.25, -0.2) is 4.98 Å². The number of benzene rings is 2. The summed E-state index contributed by atoms with van der Waals surface area (Å²) < 4.78 is 38.0. The Bertz CT molecular complexity index is 937. The van der Waals surface area contributed by atoms with Gasteiger partial charge in [-0.05, 0) is 23.3 Å². The highest BCUT2D eigenvalue weighted by Crippen LogP contribution is 2.33. The van der Waals surface area contributed by atoms with E-state index in [4.69, 9.17) is 0 Å². The van der Waals surface area contributed by atoms with Crippen molar-refractivity contribution in [3.05, 3.63) is 76.3 Å². The van der Waals surface area contributed by atoms with Crippen molar-refractivity contribution in [2.75, 3.05) is 0 Å². The maximum Gasteiger partial charge on any atom is 0.416 e. The summed E-state index contributed by atoms with van der Waals surface area (Å²) in [6.45, 7) is 0.479. The van der Waals surface area contributed by atoms with Crippen LogP contribution in [0.1, 0.15) is 28.4 Å². The number of fused-ring (bicyclic) bond motifs is 1. The SMILES string of the molecule is O[C@@H]1Cc2ccccc2[C@@H]1NCc1csc(-c2ccc(C(F)(F)F)cc2)n1. The summed E-state index contributed by atoms with van der Waals surface area (Å²) >= 11 is 1.39. The molecule has 0 aliphatic heterocycles. The Morgan fingerprint density at radius 1 is 1.11 bits per heavy atom. The fraction of sp³-hybridized carbons (Fsp3) is 0.250. The highest BCUT2D eigenvalue weighted by atomic mass is 32.1. The molecule has 2 atom stereocenters. The minimum absolute atomic E-state index is 0.141. The summed E-state index contributed by atoms with van der Waals surface area (Å²) in [6, 6.07) is 12.8. The normalized spacial score (nSPS) is 19.3. The van der Waals surface area contributed by atoms with Crippen molar-refractivity contribution in [2.45, 2.75) is 31.3 Å². The fourth-order valence-corrected chi connectivity index (χ4v) is 4.18. The van der Waals surface area contributed by atoms with Gasteiger partial charge in [-0.15, -0.1) is 11.3 Å². The Hall–Kier alpha value is -2.22. The number of hydrogen-bond acceptors (Lipinski definition) is 4. The summed E-state index contributed by atoms with van der Waals surface area (Å²) in [7, 11) is 0. The van der Waals surface area contributed by atoms with Crippen molar-refractivity contribution in [3.8, 4) is 10.6 Å². The highest BCUT2D eigenvalue weighted by molar-refractivity contribution is 7.13. The Morgan fingerprint density at radius 2 is 1.85 bits per heavy atom. The summed E-state index contributed by atoms with van der Waals surface area (Å²) in [5.74, 6) is 0. The van der Waals surface area contributed by atoms with E-state index in [0.29, 0.717) is 23.5 Å². The summed E-state index contributed by atoms with van der Waals surface area (Å²) in [6.07, 6.45) is -4.19. The van der Waals surface area contributed by atoms with Gasteiger partial charge in [0.25, 0.3) is 0 Å². The lowest BCUT2D eigenvalue weighted by atomic mass is 10.1. The van der Waals surface area contributed by atoms with E-state index < -0.39 is 17.8 Å². The number of rotatable bonds is 4. The Kier molecular flexibility index (Phi) is 4.75. The second kappa shape index (κ2) is 7.07. The molecule has 1 aromatic heterocycles. The van der Waals surface area contributed by atoms with Gasteiger partial charge in [-0.1, -0.05) is 36.4 Å². The van der Waals surface area contributed by atoms with Gasteiger partial charge in [0.2, 0.25) is 0 Å². The van der Waals surface area contributed by atoms with Crippen molar-refractivity contribution in [3.63, 3.8) is 0 Å². The van der Waals surface area contributed by atoms with Crippen LogP contribution >= 0.6 is 11.3 Å². The fourth-order valence-electron chi connectivity index (χ4n) is 3.36. The smallest absolute Gasteiger partial charge is 0.391 e. The second-order valence-electron chi connectivity index (χ2n) is 6.55. The van der Waals surface area contributed by atoms with Crippen molar-refractivity contribution in [2.24, 2.45) is 0 Å². The minimum atomic E-state index is -4.34. The number of aromatic nitrogens is 1. The Balaban J connectivity index is 1.45. The molecule has 0 unspecified atom stereocenters. The van der Waals surface area contributed by atoms with Gasteiger partial charge >= 0.3 is 6.18 Å². The van der Waals surface area contributed by atoms with E-state index in [1.807, 2.05) is 29.6 Å². The third-order valence-electron chi connectivity index (χ3n) is 4.72. The minimum Gasteiger partial charge on any atom is -0.391 e. The van der Waals surface area contributed by atoms with Crippen LogP contribution in [0.2, 0.25) is 0 Å². The molecule has 1 aliphatic carbocycles. The zero-order valence-corrected chi connectivity index (χ0v) is 15.0. The van der Waals surface area contributed by atoms with E-state index >= 15 is 0 Å². The topological polar surface area (TPSA) is 45.1 Å². The van der Waals surface area contributed by atoms with E-state index in [9.17, 15) is 18.3 Å². The van der Waals surface area contributed by atoms with Crippen LogP contribution in [0.25, 0.3) is 10.6 Å². The molecule has 3 nitrogen and oxygen atoms in total. The summed E-state index contributed by atoms with van der Waals surface area (Å²) in [5, 5.41) is 16.2. The average Bonchev–Trinajstić information content (AvgIpc) is 3.23. The first-order valence-corrected chi connectivity index (χ1v) is 9.41. The Labute approximate surface area is 158 Å². The molecule has 7 heteroatoms. The molecule has 0 saturated heterocycles. The maximum absolute atomic E-state index is 12.7. The lowest BCUT2D eigenvalue weighted by molar-refractivity contribution is -0.137. The monoisotopic (exact) mass is 390 g/mol. The van der Waals surface area contributed by atoms with Crippen molar-refractivity contribution in [1.82, 2.24) is 10.3 Å². The van der Waals surface area contributed by atoms with Crippen molar-refractivity contribution >= 4 is 11.3 Å². The zero-order chi connectivity index (χ0) is 19.0. The highest BCUT2D eigenvalue weighted by Gasteiger charge is 2.31. The first-order chi connectivity index (χ1) is 12.9. The molecule has 0 bridgehead atoms. The number of aliphatic hydroxyl groups is 1. The van der Waals surface area contributed by atoms with Crippen LogP contribution in [0.3, 0.4) is 0 Å². The molecule has 4 rings (SSSR count). The van der Waals surface area contributed by atoms with E-state index in [2.05, 4.69) is 10.3 Å². The molecule has 1 heterocycles. The predicted octanol–water partition coefficient (Wildman–Crippen LogP) is 4.58. The summed E-state index contributed by atoms with van der Waals surface area (Å²) in [4.78, 5) is 4.51. The van der Waals surface area contributed by atoms with Crippen molar-refractivity contribution in [1.29, 1.82) is 0 Å². The van der Waals surface area contributed by atoms with Gasteiger partial charge < -0.3 is 10.4 Å². The standard InChI is InChI=1S/C20H17F3N2OS/c21-20(22,23)14-7-5-12(6-8-14)19-25-15(11-27-19)10-24-18-16-4-2-1-3-13(16)9-17(18)26/h1-8,11,17-18,24,26H,9-10H2/t17-,18+/m1/s1. The number of halogens is 3. The van der Waals surface area contributed by atoms with Crippen LogP contribution in [0, 0.1) is 0 Å². The van der Waals surface area contributed by atoms with Crippen molar-refractivity contribution < 1.29 is 18.3 Å². The van der Waals surface area contributed by atoms with Gasteiger partial charge in [-0.2, -0.15) is 13.2 Å². The van der Waals surface area contributed by atoms with E-state index in [1.165, 1.54) is 23.5 Å². The van der Waals surface area contributed by atoms with E-state index in [-0.39, 0.29) is 6.04 Å². The van der Waals surface area contributed by atoms with Gasteiger partial charge in [-0.3, -0.25) is 0 Å². The molecule has 0 radical (unpaired) electrons. The van der Waals surface area contributed by atoms with Crippen LogP contribution < -0.4 is 5.32 Å². The molecule has 2 N–H and O–H groups in total. The number of aliphatic hydroxyl groups excluding tert-OH is 1. The molecule has 3 aromatic rings. The van der Waals surface area contributed by atoms with Gasteiger partial charge in [0, 0.05) is 23.9 Å². The molecular formula is C20H17F3N2OS. The molecule has 0 amide bonds. The van der Waals surface area contributed by atoms with E-state index in [1.54, 1.807) is 0 Å². The van der Waals surface area contributed by atoms with Gasteiger partial charge in [0.05, 0.1) is 23.4 Å². The molecule has 27 heavy (non-hydrogen) atoms. The molecule has 0 fully saturated rings. The van der Waals surface area contributed by atoms with Crippen LogP contribution in [0.15, 0.2) is 53.9 Å². The first kappa shape index (κ1) is 18.2. The molecular weight excluding hydrogens is 373 g/mol. The zero-order valence-electron chi connectivity index (χ0n) is 14.2. The van der Waals surface area contributed by atoms with Crippen LogP contribution in [0.5, 0.6) is 0 Å². The maximum atomic E-state index is 12.7.